The summed E-state index contributed by atoms with van der Waals surface area (Å²) in [4.78, 5) is 28.9. The molecule has 0 aromatic carbocycles. The van der Waals surface area contributed by atoms with Gasteiger partial charge in [0.15, 0.2) is 11.3 Å². The highest BCUT2D eigenvalue weighted by molar-refractivity contribution is 6.30. The van der Waals surface area contributed by atoms with Crippen LogP contribution in [-0.2, 0) is 17.0 Å². The third kappa shape index (κ3) is 4.57. The molecule has 2 fully saturated rings. The fourth-order valence-corrected chi connectivity index (χ4v) is 5.30. The predicted molar refractivity (Wildman–Crippen MR) is 133 cm³/mol. The second-order valence-electron chi connectivity index (χ2n) is 9.59. The minimum atomic E-state index is -1.56. The number of primary amides is 1. The topological polar surface area (TPSA) is 133 Å². The minimum Gasteiger partial charge on any atom is -0.388 e. The van der Waals surface area contributed by atoms with E-state index in [4.69, 9.17) is 27.5 Å². The second kappa shape index (κ2) is 9.57. The lowest BCUT2D eigenvalue weighted by Crippen LogP contribution is -2.33. The van der Waals surface area contributed by atoms with Crippen molar-refractivity contribution in [2.45, 2.75) is 57.2 Å². The first kappa shape index (κ1) is 24.3. The molecule has 1 amide bonds. The van der Waals surface area contributed by atoms with E-state index >= 15 is 4.39 Å². The number of imidazole rings is 1. The number of nitrogens with zero attached hydrogens (tertiary/aromatic N) is 5. The summed E-state index contributed by atoms with van der Waals surface area (Å²) in [6.07, 6.45) is 9.57. The van der Waals surface area contributed by atoms with Crippen LogP contribution in [0.3, 0.4) is 0 Å². The Kier molecular flexibility index (Phi) is 6.46. The van der Waals surface area contributed by atoms with Gasteiger partial charge in [-0.2, -0.15) is 0 Å². The highest BCUT2D eigenvalue weighted by atomic mass is 35.5. The molecule has 11 heteroatoms. The summed E-state index contributed by atoms with van der Waals surface area (Å²) >= 11 is 6.22. The zero-order chi connectivity index (χ0) is 25.4. The van der Waals surface area contributed by atoms with Gasteiger partial charge in [0.1, 0.15) is 17.0 Å². The average Bonchev–Trinajstić information content (AvgIpc) is 3.20. The number of pyridine rings is 1. The molecular formula is C25H27ClFN7O2. The molecule has 2 saturated carbocycles. The van der Waals surface area contributed by atoms with Crippen LogP contribution in [0.1, 0.15) is 56.6 Å². The van der Waals surface area contributed by atoms with Crippen LogP contribution < -0.4 is 5.73 Å². The largest absolute Gasteiger partial charge is 0.411 e. The van der Waals surface area contributed by atoms with E-state index < -0.39 is 17.7 Å². The molecular weight excluding hydrogens is 485 g/mol. The summed E-state index contributed by atoms with van der Waals surface area (Å²) in [5.74, 6) is 0.343. The lowest BCUT2D eigenvalue weighted by molar-refractivity contribution is 0.0458. The molecule has 3 N–H and O–H groups in total. The number of carbonyl (C=O) groups excluding carboxylic acids is 1. The summed E-state index contributed by atoms with van der Waals surface area (Å²) in [6, 6.07) is 1.68. The van der Waals surface area contributed by atoms with E-state index in [1.54, 1.807) is 12.3 Å². The number of allylic oxidation sites excluding steroid dienone is 1. The van der Waals surface area contributed by atoms with E-state index in [0.717, 1.165) is 32.1 Å². The molecule has 0 aliphatic heterocycles. The van der Waals surface area contributed by atoms with E-state index in [-0.39, 0.29) is 11.5 Å². The van der Waals surface area contributed by atoms with E-state index in [9.17, 15) is 4.79 Å². The zero-order valence-corrected chi connectivity index (χ0v) is 20.5. The van der Waals surface area contributed by atoms with E-state index in [0.29, 0.717) is 58.8 Å². The molecule has 9 nitrogen and oxygen atoms in total. The Morgan fingerprint density at radius 2 is 2.03 bits per heavy atom. The number of carbonyl (C=O) groups is 1. The highest BCUT2D eigenvalue weighted by Crippen LogP contribution is 2.46. The fourth-order valence-electron chi connectivity index (χ4n) is 5.12. The summed E-state index contributed by atoms with van der Waals surface area (Å²) in [5, 5.41) is 8.49. The van der Waals surface area contributed by atoms with Gasteiger partial charge in [0, 0.05) is 24.5 Å². The third-order valence-electron chi connectivity index (χ3n) is 7.20. The van der Waals surface area contributed by atoms with E-state index in [1.165, 1.54) is 6.20 Å². The number of alkyl halides is 1. The molecule has 0 unspecified atom stereocenters. The number of nitrogens with one attached hydrogen (secondary N) is 1. The fraction of sp³-hybridized carbons (Fsp3) is 0.440. The highest BCUT2D eigenvalue weighted by Gasteiger charge is 2.44. The summed E-state index contributed by atoms with van der Waals surface area (Å²) in [7, 11) is 0. The van der Waals surface area contributed by atoms with Crippen LogP contribution in [-0.4, -0.2) is 36.5 Å². The van der Waals surface area contributed by atoms with Crippen molar-refractivity contribution in [3.05, 3.63) is 47.8 Å². The first-order chi connectivity index (χ1) is 17.3. The first-order valence-corrected chi connectivity index (χ1v) is 12.4. The Morgan fingerprint density at radius 1 is 1.28 bits per heavy atom. The molecule has 188 valence electrons. The Hall–Kier alpha value is -3.40. The number of amides is 1. The lowest BCUT2D eigenvalue weighted by atomic mass is 9.80. The van der Waals surface area contributed by atoms with E-state index in [2.05, 4.69) is 26.5 Å². The number of hydrogen-bond donors (Lipinski definition) is 2. The number of hydrogen-bond acceptors (Lipinski definition) is 7. The van der Waals surface area contributed by atoms with Crippen molar-refractivity contribution in [1.29, 1.82) is 5.41 Å². The number of halogens is 2. The van der Waals surface area contributed by atoms with Crippen molar-refractivity contribution in [3.63, 3.8) is 0 Å². The Balaban J connectivity index is 1.69. The maximum absolute atomic E-state index is 15.9. The molecule has 3 aromatic heterocycles. The van der Waals surface area contributed by atoms with Crippen molar-refractivity contribution in [2.75, 3.05) is 0 Å². The number of nitrogens with two attached hydrogens (primary N) is 1. The molecule has 0 bridgehead atoms. The number of ether oxygens (including phenoxy) is 1. The van der Waals surface area contributed by atoms with Crippen LogP contribution in [0, 0.1) is 17.2 Å². The van der Waals surface area contributed by atoms with Gasteiger partial charge in [-0.05, 0) is 62.8 Å². The molecule has 3 heterocycles. The van der Waals surface area contributed by atoms with Gasteiger partial charge in [0.25, 0.3) is 5.90 Å². The van der Waals surface area contributed by atoms with Gasteiger partial charge in [0.2, 0.25) is 5.82 Å². The van der Waals surface area contributed by atoms with Gasteiger partial charge in [-0.1, -0.05) is 17.7 Å². The molecule has 0 atom stereocenters. The van der Waals surface area contributed by atoms with Crippen molar-refractivity contribution in [1.82, 2.24) is 24.5 Å². The Bertz CT molecular complexity index is 1350. The smallest absolute Gasteiger partial charge is 0.388 e. The molecule has 3 aromatic rings. The molecule has 0 spiro atoms. The van der Waals surface area contributed by atoms with Crippen LogP contribution in [0.5, 0.6) is 0 Å². The standard InChI is InChI=1S/C25H27ClFN7O2/c1-2-14-4-6-15(7-5-14)13-34-19-18(16-10-17(26)12-30-11-16)31-22(20(28)36-24(29)35)32-21(19)33-23(34)25(27)8-3-9-25/h2,10-12,14-15,28H,1,3-9,13H2,(H2,29,35)/t14-,15-. The predicted octanol–water partition coefficient (Wildman–Crippen LogP) is 5.30. The van der Waals surface area contributed by atoms with Crippen LogP contribution in [0.2, 0.25) is 5.02 Å². The Labute approximate surface area is 212 Å². The Morgan fingerprint density at radius 3 is 2.64 bits per heavy atom. The lowest BCUT2D eigenvalue weighted by Gasteiger charge is -2.35. The van der Waals surface area contributed by atoms with Crippen LogP contribution in [0.4, 0.5) is 9.18 Å². The molecule has 0 radical (unpaired) electrons. The number of aromatic nitrogens is 5. The quantitative estimate of drug-likeness (QED) is 0.262. The maximum atomic E-state index is 15.9. The summed E-state index contributed by atoms with van der Waals surface area (Å²) in [5.41, 5.74) is 5.21. The van der Waals surface area contributed by atoms with Gasteiger partial charge >= 0.3 is 6.09 Å². The molecule has 36 heavy (non-hydrogen) atoms. The zero-order valence-electron chi connectivity index (χ0n) is 19.7. The van der Waals surface area contributed by atoms with Crippen molar-refractivity contribution >= 4 is 34.8 Å². The van der Waals surface area contributed by atoms with Gasteiger partial charge < -0.3 is 15.0 Å². The summed E-state index contributed by atoms with van der Waals surface area (Å²) in [6.45, 7) is 4.50. The molecule has 2 aliphatic carbocycles. The minimum absolute atomic E-state index is 0.194. The molecule has 0 saturated heterocycles. The van der Waals surface area contributed by atoms with Gasteiger partial charge in [-0.25, -0.2) is 24.1 Å². The molecule has 5 rings (SSSR count). The normalized spacial score (nSPS) is 21.1. The van der Waals surface area contributed by atoms with Crippen LogP contribution in [0.25, 0.3) is 22.4 Å². The van der Waals surface area contributed by atoms with Gasteiger partial charge in [-0.15, -0.1) is 6.58 Å². The number of fused-ring (bicyclic) bond motifs is 1. The van der Waals surface area contributed by atoms with Crippen molar-refractivity contribution in [3.8, 4) is 11.3 Å². The first-order valence-electron chi connectivity index (χ1n) is 12.0. The number of rotatable bonds is 6. The van der Waals surface area contributed by atoms with Crippen LogP contribution in [0.15, 0.2) is 31.1 Å². The maximum Gasteiger partial charge on any atom is 0.411 e. The average molecular weight is 512 g/mol. The monoisotopic (exact) mass is 511 g/mol. The van der Waals surface area contributed by atoms with Gasteiger partial charge in [0.05, 0.1) is 5.02 Å². The second-order valence-corrected chi connectivity index (χ2v) is 10.0. The van der Waals surface area contributed by atoms with E-state index in [1.807, 2.05) is 10.6 Å². The SMILES string of the molecule is C=C[C@H]1CC[C@H](Cn2c(C3(F)CCC3)nc3nc(C(=N)OC(N)=O)nc(-c4cncc(Cl)c4)c32)CC1. The molecule has 2 aliphatic rings. The van der Waals surface area contributed by atoms with Crippen molar-refractivity contribution < 1.29 is 13.9 Å². The van der Waals surface area contributed by atoms with Gasteiger partial charge in [-0.3, -0.25) is 10.4 Å². The third-order valence-corrected chi connectivity index (χ3v) is 7.41. The van der Waals surface area contributed by atoms with Crippen LogP contribution >= 0.6 is 11.6 Å². The summed E-state index contributed by atoms with van der Waals surface area (Å²) < 4.78 is 22.6. The van der Waals surface area contributed by atoms with Crippen molar-refractivity contribution in [2.24, 2.45) is 17.6 Å².